The van der Waals surface area contributed by atoms with Gasteiger partial charge in [0, 0.05) is 52.1 Å². The molecule has 19 atom stereocenters. The van der Waals surface area contributed by atoms with Crippen LogP contribution in [0.2, 0.25) is 0 Å². The minimum Gasteiger partial charge on any atom is -0.446 e. The second kappa shape index (κ2) is 39.3. The van der Waals surface area contributed by atoms with E-state index in [0.717, 1.165) is 155 Å². The molecule has 7 fully saturated rings. The molecule has 2 amide bonds. The molecule has 9 aliphatic rings. The van der Waals surface area contributed by atoms with Crippen molar-refractivity contribution in [3.05, 3.63) is 23.3 Å². The summed E-state index contributed by atoms with van der Waals surface area (Å²) in [5.41, 5.74) is 10.2. The van der Waals surface area contributed by atoms with Gasteiger partial charge in [-0.1, -0.05) is 229 Å². The lowest BCUT2D eigenvalue weighted by Crippen LogP contribution is -2.51. The highest BCUT2D eigenvalue weighted by Gasteiger charge is 2.61. The van der Waals surface area contributed by atoms with Crippen LogP contribution in [0.25, 0.3) is 0 Å². The molecule has 95 heavy (non-hydrogen) atoms. The normalized spacial score (nSPS) is 34.0. The molecular formula is C84H152N4O7. The van der Waals surface area contributed by atoms with Crippen LogP contribution in [0.15, 0.2) is 23.3 Å². The van der Waals surface area contributed by atoms with Gasteiger partial charge < -0.3 is 40.8 Å². The third-order valence-corrected chi connectivity index (χ3v) is 27.7. The molecule has 0 spiro atoms. The van der Waals surface area contributed by atoms with Crippen LogP contribution in [0, 0.1) is 92.7 Å². The summed E-state index contributed by atoms with van der Waals surface area (Å²) in [5, 5.41) is 27.4. The summed E-state index contributed by atoms with van der Waals surface area (Å²) in [6.45, 7) is 35.8. The van der Waals surface area contributed by atoms with Crippen molar-refractivity contribution in [2.75, 3.05) is 45.9 Å². The minimum absolute atomic E-state index is 0.0186. The molecule has 0 aromatic carbocycles. The van der Waals surface area contributed by atoms with Gasteiger partial charge in [-0.05, 0) is 202 Å². The van der Waals surface area contributed by atoms with E-state index < -0.39 is 12.2 Å². The maximum Gasteiger partial charge on any atom is 0.407 e. The fourth-order valence-corrected chi connectivity index (χ4v) is 22.1. The third-order valence-electron chi connectivity index (χ3n) is 27.7. The van der Waals surface area contributed by atoms with Crippen molar-refractivity contribution in [1.29, 1.82) is 0 Å². The van der Waals surface area contributed by atoms with Gasteiger partial charge >= 0.3 is 12.2 Å². The summed E-state index contributed by atoms with van der Waals surface area (Å²) < 4.78 is 16.9. The molecule has 11 nitrogen and oxygen atoms in total. The highest BCUT2D eigenvalue weighted by molar-refractivity contribution is 5.67. The lowest BCUT2D eigenvalue weighted by atomic mass is 9.47. The highest BCUT2D eigenvalue weighted by atomic mass is 16.6. The molecule has 1 heterocycles. The summed E-state index contributed by atoms with van der Waals surface area (Å²) >= 11 is 0. The van der Waals surface area contributed by atoms with E-state index in [0.29, 0.717) is 61.6 Å². The number of epoxide rings is 1. The standard InChI is InChI=1S/C46H84N2O4.C30H52N2O2.C8H16O/c1-8-10-12-14-19-37(49)32-48(33-38(50)20-15-13-11-9-2)30-29-47-44(51)52-39-25-27-45(6)36(31-39)21-22-40-42-24-23-41(35(5)18-16-17-34(3)4)46(42,7)28-26-43(40)45;1-20(2)7-6-8-21(3)25-11-12-26-24-10-9-22-19-23(34-28(33)32-18-17-31)13-15-29(22,4)27(24)14-16-30(25,26)5;1-2-3-4-5-6-8-7-9-8/h21,34-35,37-43,49-50H,8-20,22-33H2,1-7H3,(H,47,51);9,20-21,23-27H,6-8,10-19,31H2,1-5H3,(H,32,33);8H,2-7H2,1H3/t35-,37?,38?,39+,40?,41-,42+,43+,45+,46-;21-,23+,24?,25-,26+,27+,29+,30-;/m11./s1. The van der Waals surface area contributed by atoms with Crippen molar-refractivity contribution in [2.45, 2.75) is 358 Å². The average Bonchev–Trinajstić information content (AvgIpc) is 1.72. The number of amides is 2. The molecule has 0 radical (unpaired) electrons. The van der Waals surface area contributed by atoms with E-state index in [4.69, 9.17) is 19.9 Å². The summed E-state index contributed by atoms with van der Waals surface area (Å²) in [4.78, 5) is 27.3. The zero-order chi connectivity index (χ0) is 68.8. The number of unbranched alkanes of at least 4 members (excludes halogenated alkanes) is 9. The summed E-state index contributed by atoms with van der Waals surface area (Å²) in [7, 11) is 0. The minimum atomic E-state index is -0.410. The number of ether oxygens (including phenoxy) is 3. The maximum absolute atomic E-state index is 13.1. The number of carbonyl (C=O) groups is 2. The maximum atomic E-state index is 13.1. The van der Waals surface area contributed by atoms with E-state index >= 15 is 0 Å². The molecule has 0 aromatic heterocycles. The fraction of sp³-hybridized carbons (Fsp3) is 0.929. The molecule has 6 saturated carbocycles. The lowest BCUT2D eigenvalue weighted by Gasteiger charge is -2.58. The second-order valence-corrected chi connectivity index (χ2v) is 35.3. The van der Waals surface area contributed by atoms with Gasteiger partial charge in [0.15, 0.2) is 0 Å². The predicted molar refractivity (Wildman–Crippen MR) is 396 cm³/mol. The van der Waals surface area contributed by atoms with Crippen molar-refractivity contribution in [3.8, 4) is 0 Å². The third kappa shape index (κ3) is 22.7. The van der Waals surface area contributed by atoms with E-state index in [9.17, 15) is 19.8 Å². The van der Waals surface area contributed by atoms with Crippen LogP contribution >= 0.6 is 0 Å². The first-order valence-corrected chi connectivity index (χ1v) is 41.2. The molecule has 5 unspecified atom stereocenters. The van der Waals surface area contributed by atoms with Gasteiger partial charge in [-0.2, -0.15) is 0 Å². The smallest absolute Gasteiger partial charge is 0.407 e. The Bertz CT molecular complexity index is 2270. The van der Waals surface area contributed by atoms with Crippen molar-refractivity contribution < 1.29 is 34.0 Å². The molecule has 8 aliphatic carbocycles. The van der Waals surface area contributed by atoms with Crippen LogP contribution in [0.1, 0.15) is 328 Å². The van der Waals surface area contributed by atoms with Gasteiger partial charge in [-0.15, -0.1) is 0 Å². The predicted octanol–water partition coefficient (Wildman–Crippen LogP) is 20.5. The van der Waals surface area contributed by atoms with Gasteiger partial charge in [0.25, 0.3) is 0 Å². The molecule has 0 aromatic rings. The monoisotopic (exact) mass is 1330 g/mol. The van der Waals surface area contributed by atoms with Gasteiger partial charge in [-0.3, -0.25) is 4.90 Å². The molecule has 1 saturated heterocycles. The van der Waals surface area contributed by atoms with Crippen LogP contribution in [0.3, 0.4) is 0 Å². The Morgan fingerprint density at radius 3 is 1.39 bits per heavy atom. The van der Waals surface area contributed by atoms with Crippen LogP contribution in [0.4, 0.5) is 9.59 Å². The molecule has 550 valence electrons. The molecule has 6 N–H and O–H groups in total. The van der Waals surface area contributed by atoms with E-state index in [1.165, 1.54) is 161 Å². The Balaban J connectivity index is 0.000000251. The van der Waals surface area contributed by atoms with Crippen molar-refractivity contribution >= 4 is 12.2 Å². The Morgan fingerprint density at radius 1 is 0.547 bits per heavy atom. The number of nitrogens with zero attached hydrogens (tertiary/aromatic N) is 1. The molecule has 9 rings (SSSR count). The lowest BCUT2D eigenvalue weighted by molar-refractivity contribution is -0.0581. The number of fused-ring (bicyclic) bond motifs is 10. The van der Waals surface area contributed by atoms with Gasteiger partial charge in [-0.25, -0.2) is 9.59 Å². The van der Waals surface area contributed by atoms with E-state index in [1.807, 2.05) is 0 Å². The molecule has 11 heteroatoms. The number of rotatable bonds is 36. The number of carbonyl (C=O) groups excluding carboxylic acids is 2. The van der Waals surface area contributed by atoms with Crippen LogP contribution in [-0.4, -0.2) is 104 Å². The first kappa shape index (κ1) is 80.1. The Morgan fingerprint density at radius 2 is 0.979 bits per heavy atom. The number of alkyl carbamates (subject to hydrolysis) is 2. The fourth-order valence-electron chi connectivity index (χ4n) is 22.1. The van der Waals surface area contributed by atoms with E-state index in [-0.39, 0.29) is 29.8 Å². The summed E-state index contributed by atoms with van der Waals surface area (Å²) in [6.07, 6.45) is 50.1. The van der Waals surface area contributed by atoms with Gasteiger partial charge in [0.1, 0.15) is 12.2 Å². The van der Waals surface area contributed by atoms with Crippen LogP contribution < -0.4 is 16.4 Å². The van der Waals surface area contributed by atoms with Crippen molar-refractivity contribution in [3.63, 3.8) is 0 Å². The quantitative estimate of drug-likeness (QED) is 0.0234. The zero-order valence-corrected chi connectivity index (χ0v) is 64.0. The molecular weight excluding hydrogens is 1180 g/mol. The second-order valence-electron chi connectivity index (χ2n) is 35.3. The Labute approximate surface area is 584 Å². The van der Waals surface area contributed by atoms with Crippen LogP contribution in [0.5, 0.6) is 0 Å². The van der Waals surface area contributed by atoms with Crippen molar-refractivity contribution in [2.24, 2.45) is 98.4 Å². The highest BCUT2D eigenvalue weighted by Crippen LogP contribution is 2.69. The number of nitrogens with one attached hydrogen (secondary N) is 2. The summed E-state index contributed by atoms with van der Waals surface area (Å²) in [6, 6.07) is 0. The van der Waals surface area contributed by atoms with Gasteiger partial charge in [0.2, 0.25) is 0 Å². The molecule has 0 bridgehead atoms. The SMILES string of the molecule is CC(C)CCC[C@@H](C)[C@H]1CC[C@H]2C3CC=C4C[C@@H](OC(=O)NCCN)CC[C@]4(C)[C@H]3CC[C@]12C.CCCCCCC(O)CN(CCNC(=O)O[C@H]1CC[C@@]2(C)C(=CCC3[C@@H]4CC[C@H]([C@H](C)CCCC(C)C)[C@@]4(C)CC[C@@H]32)C1)CC(O)CCCCCC.CCCCCCC1CO1. The number of hydrogen-bond acceptors (Lipinski definition) is 9. The summed E-state index contributed by atoms with van der Waals surface area (Å²) in [5.74, 6) is 10.2. The zero-order valence-electron chi connectivity index (χ0n) is 64.0. The van der Waals surface area contributed by atoms with Crippen LogP contribution in [-0.2, 0) is 14.2 Å². The van der Waals surface area contributed by atoms with E-state index in [2.05, 4.69) is 118 Å². The molecule has 1 aliphatic heterocycles. The topological polar surface area (TPSA) is 159 Å². The number of nitrogens with two attached hydrogens (primary N) is 1. The van der Waals surface area contributed by atoms with Crippen molar-refractivity contribution in [1.82, 2.24) is 15.5 Å². The number of hydrogen-bond donors (Lipinski definition) is 5. The number of aliphatic hydroxyl groups excluding tert-OH is 2. The average molecular weight is 1330 g/mol. The Kier molecular flexibility index (Phi) is 33.2. The number of allylic oxidation sites excluding steroid dienone is 2. The van der Waals surface area contributed by atoms with E-state index in [1.54, 1.807) is 11.1 Å². The first-order valence-electron chi connectivity index (χ1n) is 41.2. The Hall–Kier alpha value is -2.18. The first-order chi connectivity index (χ1) is 45.5. The van der Waals surface area contributed by atoms with Gasteiger partial charge in [0.05, 0.1) is 24.9 Å². The number of aliphatic hydroxyl groups is 2. The largest absolute Gasteiger partial charge is 0.446 e.